The number of hydrogen-bond acceptors (Lipinski definition) is 4. The van der Waals surface area contributed by atoms with E-state index in [1.165, 1.54) is 0 Å². The van der Waals surface area contributed by atoms with Crippen molar-refractivity contribution in [1.29, 1.82) is 0 Å². The van der Waals surface area contributed by atoms with Crippen molar-refractivity contribution >= 4 is 11.0 Å². The quantitative estimate of drug-likeness (QED) is 0.715. The smallest absolute Gasteiger partial charge is 0.139 e. The normalized spacial score (nSPS) is 10.7. The van der Waals surface area contributed by atoms with E-state index in [2.05, 4.69) is 5.18 Å². The van der Waals surface area contributed by atoms with Gasteiger partial charge in [-0.05, 0) is 41.5 Å². The fourth-order valence-corrected chi connectivity index (χ4v) is 2.16. The molecule has 1 N–H and O–H groups in total. The molecule has 19 heavy (non-hydrogen) atoms. The number of aromatic hydroxyl groups is 1. The molecule has 0 unspecified atom stereocenters. The summed E-state index contributed by atoms with van der Waals surface area (Å²) in [6.07, 6.45) is 1.60. The molecule has 0 atom stereocenters. The molecule has 2 aromatic carbocycles. The van der Waals surface area contributed by atoms with Crippen LogP contribution in [0.2, 0.25) is 0 Å². The summed E-state index contributed by atoms with van der Waals surface area (Å²) >= 11 is 0. The van der Waals surface area contributed by atoms with Gasteiger partial charge in [-0.2, -0.15) is 4.91 Å². The fourth-order valence-electron chi connectivity index (χ4n) is 2.16. The Morgan fingerprint density at radius 3 is 2.58 bits per heavy atom. The van der Waals surface area contributed by atoms with Gasteiger partial charge in [0.2, 0.25) is 0 Å². The zero-order chi connectivity index (χ0) is 13.2. The van der Waals surface area contributed by atoms with Crippen LogP contribution < -0.4 is 0 Å². The number of benzene rings is 2. The van der Waals surface area contributed by atoms with Crippen molar-refractivity contribution in [3.05, 3.63) is 59.2 Å². The van der Waals surface area contributed by atoms with Crippen LogP contribution in [0.25, 0.3) is 22.1 Å². The van der Waals surface area contributed by atoms with Gasteiger partial charge in [-0.25, -0.2) is 0 Å². The number of nitrogens with zero attached hydrogens (tertiary/aromatic N) is 1. The minimum absolute atomic E-state index is 0.0793. The predicted molar refractivity (Wildman–Crippen MR) is 72.8 cm³/mol. The van der Waals surface area contributed by atoms with Crippen molar-refractivity contribution in [3.63, 3.8) is 0 Å². The molecular formula is C15H11NO3. The van der Waals surface area contributed by atoms with Gasteiger partial charge in [-0.1, -0.05) is 17.3 Å². The Balaban J connectivity index is 2.18. The number of fused-ring (bicyclic) bond motifs is 1. The zero-order valence-corrected chi connectivity index (χ0v) is 10.0. The lowest BCUT2D eigenvalue weighted by Crippen LogP contribution is -1.85. The van der Waals surface area contributed by atoms with Crippen LogP contribution in [0.5, 0.6) is 5.75 Å². The second-order valence-electron chi connectivity index (χ2n) is 4.31. The topological polar surface area (TPSA) is 62.8 Å². The molecule has 94 valence electrons. The van der Waals surface area contributed by atoms with Crippen molar-refractivity contribution < 1.29 is 9.52 Å². The Hall–Kier alpha value is -2.62. The van der Waals surface area contributed by atoms with Gasteiger partial charge in [0.05, 0.1) is 6.26 Å². The van der Waals surface area contributed by atoms with Crippen LogP contribution in [0.15, 0.2) is 58.3 Å². The molecule has 0 fully saturated rings. The molecule has 0 saturated carbocycles. The summed E-state index contributed by atoms with van der Waals surface area (Å²) in [4.78, 5) is 10.5. The predicted octanol–water partition coefficient (Wildman–Crippen LogP) is 4.07. The summed E-state index contributed by atoms with van der Waals surface area (Å²) in [5.41, 5.74) is 3.39. The summed E-state index contributed by atoms with van der Waals surface area (Å²) < 4.78 is 5.37. The van der Waals surface area contributed by atoms with Crippen LogP contribution in [-0.2, 0) is 6.54 Å². The average Bonchev–Trinajstić information content (AvgIpc) is 2.88. The Kier molecular flexibility index (Phi) is 2.76. The van der Waals surface area contributed by atoms with E-state index >= 15 is 0 Å². The molecule has 1 aromatic heterocycles. The van der Waals surface area contributed by atoms with Gasteiger partial charge >= 0.3 is 0 Å². The summed E-state index contributed by atoms with van der Waals surface area (Å²) in [6, 6.07) is 12.6. The van der Waals surface area contributed by atoms with E-state index in [0.717, 1.165) is 22.1 Å². The summed E-state index contributed by atoms with van der Waals surface area (Å²) in [7, 11) is 0. The summed E-state index contributed by atoms with van der Waals surface area (Å²) in [5.74, 6) is 0.225. The Bertz CT molecular complexity index is 729. The highest BCUT2D eigenvalue weighted by Gasteiger charge is 2.08. The van der Waals surface area contributed by atoms with E-state index in [0.29, 0.717) is 5.58 Å². The van der Waals surface area contributed by atoms with Crippen LogP contribution in [0.4, 0.5) is 0 Å². The molecular weight excluding hydrogens is 242 g/mol. The van der Waals surface area contributed by atoms with Crippen LogP contribution in [-0.4, -0.2) is 5.11 Å². The molecule has 0 radical (unpaired) electrons. The highest BCUT2D eigenvalue weighted by molar-refractivity contribution is 5.86. The van der Waals surface area contributed by atoms with Crippen LogP contribution in [0, 0.1) is 4.91 Å². The maximum Gasteiger partial charge on any atom is 0.139 e. The van der Waals surface area contributed by atoms with Crippen molar-refractivity contribution in [2.24, 2.45) is 5.18 Å². The van der Waals surface area contributed by atoms with Gasteiger partial charge < -0.3 is 9.52 Å². The fraction of sp³-hybridized carbons (Fsp3) is 0.0667. The number of hydrogen-bond donors (Lipinski definition) is 1. The molecule has 1 heterocycles. The van der Waals surface area contributed by atoms with Crippen LogP contribution in [0.3, 0.4) is 0 Å². The molecule has 3 rings (SSSR count). The Morgan fingerprint density at radius 2 is 1.84 bits per heavy atom. The first-order valence-corrected chi connectivity index (χ1v) is 5.86. The highest BCUT2D eigenvalue weighted by Crippen LogP contribution is 2.29. The van der Waals surface area contributed by atoms with Gasteiger partial charge in [0.15, 0.2) is 0 Å². The lowest BCUT2D eigenvalue weighted by molar-refractivity contribution is 0.475. The van der Waals surface area contributed by atoms with E-state index in [1.54, 1.807) is 18.4 Å². The van der Waals surface area contributed by atoms with Gasteiger partial charge in [0, 0.05) is 10.9 Å². The minimum atomic E-state index is 0.0793. The Labute approximate surface area is 109 Å². The zero-order valence-electron chi connectivity index (χ0n) is 10.0. The lowest BCUT2D eigenvalue weighted by Gasteiger charge is -2.05. The molecule has 0 aliphatic heterocycles. The van der Waals surface area contributed by atoms with Gasteiger partial charge in [0.1, 0.15) is 17.9 Å². The first kappa shape index (κ1) is 11.5. The van der Waals surface area contributed by atoms with E-state index in [1.807, 2.05) is 30.3 Å². The summed E-state index contributed by atoms with van der Waals surface area (Å²) in [5, 5.41) is 13.2. The molecule has 0 bridgehead atoms. The average molecular weight is 253 g/mol. The largest absolute Gasteiger partial charge is 0.508 e. The molecule has 0 spiro atoms. The van der Waals surface area contributed by atoms with Crippen molar-refractivity contribution in [1.82, 2.24) is 0 Å². The third kappa shape index (κ3) is 2.08. The maximum absolute atomic E-state index is 10.5. The van der Waals surface area contributed by atoms with Gasteiger partial charge in [-0.15, -0.1) is 0 Å². The van der Waals surface area contributed by atoms with E-state index in [4.69, 9.17) is 4.42 Å². The first-order valence-electron chi connectivity index (χ1n) is 5.86. The van der Waals surface area contributed by atoms with Gasteiger partial charge in [-0.3, -0.25) is 0 Å². The lowest BCUT2D eigenvalue weighted by atomic mass is 10.0. The van der Waals surface area contributed by atoms with Crippen molar-refractivity contribution in [2.75, 3.05) is 0 Å². The van der Waals surface area contributed by atoms with E-state index < -0.39 is 0 Å². The number of rotatable bonds is 3. The minimum Gasteiger partial charge on any atom is -0.508 e. The molecule has 0 aliphatic carbocycles. The second-order valence-corrected chi connectivity index (χ2v) is 4.31. The van der Waals surface area contributed by atoms with E-state index in [-0.39, 0.29) is 12.3 Å². The van der Waals surface area contributed by atoms with Crippen molar-refractivity contribution in [2.45, 2.75) is 6.54 Å². The number of furan rings is 1. The molecule has 0 amide bonds. The molecule has 0 aliphatic rings. The van der Waals surface area contributed by atoms with Gasteiger partial charge in [0.25, 0.3) is 0 Å². The highest BCUT2D eigenvalue weighted by atomic mass is 16.3. The van der Waals surface area contributed by atoms with Crippen LogP contribution >= 0.6 is 0 Å². The number of phenolic OH excluding ortho intramolecular Hbond substituents is 1. The standard InChI is InChI=1S/C15H11NO3/c17-14-3-1-10(2-4-14)12-7-11-5-6-19-15(11)13(8-12)9-16-18/h1-8,17H,9H2. The second kappa shape index (κ2) is 4.57. The Morgan fingerprint density at radius 1 is 1.05 bits per heavy atom. The number of phenols is 1. The molecule has 4 heteroatoms. The molecule has 0 saturated heterocycles. The maximum atomic E-state index is 10.5. The monoisotopic (exact) mass is 253 g/mol. The van der Waals surface area contributed by atoms with Crippen molar-refractivity contribution in [3.8, 4) is 16.9 Å². The van der Waals surface area contributed by atoms with E-state index in [9.17, 15) is 10.0 Å². The SMILES string of the molecule is O=NCc1cc(-c2ccc(O)cc2)cc2ccoc12. The molecule has 3 aromatic rings. The molecule has 4 nitrogen and oxygen atoms in total. The first-order chi connectivity index (χ1) is 9.28. The summed E-state index contributed by atoms with van der Waals surface area (Å²) in [6.45, 7) is 0.0793. The third-order valence-corrected chi connectivity index (χ3v) is 3.06. The third-order valence-electron chi connectivity index (χ3n) is 3.06. The van der Waals surface area contributed by atoms with Crippen LogP contribution in [0.1, 0.15) is 5.56 Å². The number of nitroso groups, excluding NO2 is 1.